The molecule has 170 valence electrons. The molecule has 1 N–H and O–H groups in total. The second kappa shape index (κ2) is 10.8. The number of amides is 1. The number of benzene rings is 2. The first-order chi connectivity index (χ1) is 15.5. The summed E-state index contributed by atoms with van der Waals surface area (Å²) < 4.78 is 15.9. The Bertz CT molecular complexity index is 965. The number of methoxy groups -OCH3 is 2. The van der Waals surface area contributed by atoms with Crippen LogP contribution in [0.2, 0.25) is 0 Å². The summed E-state index contributed by atoms with van der Waals surface area (Å²) in [6.45, 7) is 3.40. The number of carbonyl (C=O) groups excluding carboxylic acids is 2. The van der Waals surface area contributed by atoms with Gasteiger partial charge in [-0.15, -0.1) is 0 Å². The fraction of sp³-hybridized carbons (Fsp3) is 0.360. The van der Waals surface area contributed by atoms with E-state index in [0.717, 1.165) is 6.42 Å². The van der Waals surface area contributed by atoms with Crippen molar-refractivity contribution in [1.29, 1.82) is 0 Å². The van der Waals surface area contributed by atoms with Crippen LogP contribution in [0.3, 0.4) is 0 Å². The third-order valence-electron chi connectivity index (χ3n) is 5.32. The number of likely N-dealkylation sites (tertiary alicyclic amines) is 1. The third-order valence-corrected chi connectivity index (χ3v) is 5.32. The molecule has 1 saturated heterocycles. The quantitative estimate of drug-likeness (QED) is 0.261. The molecule has 2 aromatic rings. The zero-order valence-corrected chi connectivity index (χ0v) is 18.7. The highest BCUT2D eigenvalue weighted by atomic mass is 16.5. The van der Waals surface area contributed by atoms with Crippen molar-refractivity contribution in [3.63, 3.8) is 0 Å². The van der Waals surface area contributed by atoms with Gasteiger partial charge in [0.1, 0.15) is 17.3 Å². The predicted molar refractivity (Wildman–Crippen MR) is 121 cm³/mol. The van der Waals surface area contributed by atoms with Crippen molar-refractivity contribution in [1.82, 2.24) is 4.90 Å². The highest BCUT2D eigenvalue weighted by Crippen LogP contribution is 2.40. The number of aliphatic hydroxyl groups excluding tert-OH is 1. The summed E-state index contributed by atoms with van der Waals surface area (Å²) in [7, 11) is 3.16. The second-order valence-corrected chi connectivity index (χ2v) is 7.48. The normalized spacial score (nSPS) is 17.6. The number of nitrogens with zero attached hydrogens (tertiary/aromatic N) is 1. The van der Waals surface area contributed by atoms with Crippen LogP contribution in [0, 0.1) is 0 Å². The topological polar surface area (TPSA) is 85.3 Å². The van der Waals surface area contributed by atoms with E-state index in [4.69, 9.17) is 14.2 Å². The van der Waals surface area contributed by atoms with Gasteiger partial charge in [-0.05, 0) is 54.8 Å². The lowest BCUT2D eigenvalue weighted by Gasteiger charge is -2.25. The molecular weight excluding hydrogens is 410 g/mol. The van der Waals surface area contributed by atoms with Crippen LogP contribution in [-0.4, -0.2) is 55.7 Å². The minimum atomic E-state index is -0.702. The van der Waals surface area contributed by atoms with E-state index in [1.165, 1.54) is 4.90 Å². The van der Waals surface area contributed by atoms with Crippen LogP contribution in [-0.2, 0) is 14.3 Å². The average molecular weight is 440 g/mol. The number of aliphatic hydroxyl groups is 1. The molecule has 1 atom stereocenters. The molecule has 1 aliphatic heterocycles. The van der Waals surface area contributed by atoms with Crippen LogP contribution in [0.25, 0.3) is 5.76 Å². The number of ketones is 1. The minimum Gasteiger partial charge on any atom is -0.507 e. The predicted octanol–water partition coefficient (Wildman–Crippen LogP) is 3.94. The van der Waals surface area contributed by atoms with Gasteiger partial charge < -0.3 is 24.2 Å². The van der Waals surface area contributed by atoms with Crippen molar-refractivity contribution in [2.45, 2.75) is 25.8 Å². The average Bonchev–Trinajstić information content (AvgIpc) is 3.08. The van der Waals surface area contributed by atoms with Gasteiger partial charge in [-0.2, -0.15) is 0 Å². The van der Waals surface area contributed by atoms with E-state index in [1.807, 2.05) is 6.92 Å². The molecule has 0 radical (unpaired) electrons. The fourth-order valence-electron chi connectivity index (χ4n) is 3.71. The van der Waals surface area contributed by atoms with Gasteiger partial charge in [0.25, 0.3) is 11.7 Å². The monoisotopic (exact) mass is 439 g/mol. The lowest BCUT2D eigenvalue weighted by molar-refractivity contribution is -0.140. The maximum absolute atomic E-state index is 13.0. The number of carbonyl (C=O) groups is 2. The van der Waals surface area contributed by atoms with Crippen molar-refractivity contribution in [2.75, 3.05) is 34.0 Å². The van der Waals surface area contributed by atoms with E-state index in [0.29, 0.717) is 48.8 Å². The van der Waals surface area contributed by atoms with Crippen LogP contribution in [0.15, 0.2) is 54.1 Å². The molecule has 1 amide bonds. The summed E-state index contributed by atoms with van der Waals surface area (Å²) in [4.78, 5) is 27.4. The highest BCUT2D eigenvalue weighted by Gasteiger charge is 2.45. The number of hydrogen-bond donors (Lipinski definition) is 1. The van der Waals surface area contributed by atoms with E-state index in [1.54, 1.807) is 62.8 Å². The lowest BCUT2D eigenvalue weighted by Crippen LogP contribution is -2.31. The zero-order chi connectivity index (χ0) is 23.1. The maximum atomic E-state index is 13.0. The molecular formula is C25H29NO6. The molecule has 7 heteroatoms. The Hall–Kier alpha value is -3.32. The first kappa shape index (κ1) is 23.3. The molecule has 1 aliphatic rings. The number of hydrogen-bond acceptors (Lipinski definition) is 6. The zero-order valence-electron chi connectivity index (χ0n) is 18.7. The van der Waals surface area contributed by atoms with E-state index < -0.39 is 17.7 Å². The van der Waals surface area contributed by atoms with Crippen LogP contribution in [0.4, 0.5) is 0 Å². The number of ether oxygens (including phenoxy) is 3. The Balaban J connectivity index is 2.02. The Morgan fingerprint density at radius 3 is 2.22 bits per heavy atom. The summed E-state index contributed by atoms with van der Waals surface area (Å²) >= 11 is 0. The fourth-order valence-corrected chi connectivity index (χ4v) is 3.71. The van der Waals surface area contributed by atoms with Crippen molar-refractivity contribution in [3.8, 4) is 11.5 Å². The van der Waals surface area contributed by atoms with Gasteiger partial charge in [-0.1, -0.05) is 19.1 Å². The standard InChI is InChI=1S/C25H29NO6/c1-4-15-32-20-12-8-18(9-13-20)23(27)21-22(17-6-10-19(31-3)11-7-17)26(14-5-16-30-2)25(29)24(21)28/h6-13,22,27H,4-5,14-16H2,1-3H3/b23-21-. The first-order valence-electron chi connectivity index (χ1n) is 10.7. The summed E-state index contributed by atoms with van der Waals surface area (Å²) in [6.07, 6.45) is 1.45. The molecule has 0 saturated carbocycles. The Morgan fingerprint density at radius 2 is 1.62 bits per heavy atom. The number of rotatable bonds is 10. The molecule has 0 aromatic heterocycles. The van der Waals surface area contributed by atoms with Gasteiger partial charge in [0.05, 0.1) is 25.3 Å². The largest absolute Gasteiger partial charge is 0.507 e. The van der Waals surface area contributed by atoms with Gasteiger partial charge in [0.2, 0.25) is 0 Å². The molecule has 32 heavy (non-hydrogen) atoms. The second-order valence-electron chi connectivity index (χ2n) is 7.48. The Labute approximate surface area is 188 Å². The smallest absolute Gasteiger partial charge is 0.295 e. The molecule has 0 aliphatic carbocycles. The highest BCUT2D eigenvalue weighted by molar-refractivity contribution is 6.46. The molecule has 1 heterocycles. The Morgan fingerprint density at radius 1 is 0.969 bits per heavy atom. The molecule has 3 rings (SSSR count). The van der Waals surface area contributed by atoms with Crippen LogP contribution in [0.1, 0.15) is 36.9 Å². The van der Waals surface area contributed by atoms with Crippen LogP contribution < -0.4 is 9.47 Å². The van der Waals surface area contributed by atoms with Gasteiger partial charge in [0, 0.05) is 25.8 Å². The van der Waals surface area contributed by atoms with Crippen molar-refractivity contribution < 1.29 is 28.9 Å². The number of Topliss-reactive ketones (excluding diaryl/α,β-unsaturated/α-hetero) is 1. The molecule has 7 nitrogen and oxygen atoms in total. The minimum absolute atomic E-state index is 0.0693. The van der Waals surface area contributed by atoms with E-state index in [-0.39, 0.29) is 11.3 Å². The van der Waals surface area contributed by atoms with Crippen LogP contribution >= 0.6 is 0 Å². The van der Waals surface area contributed by atoms with Crippen LogP contribution in [0.5, 0.6) is 11.5 Å². The molecule has 2 aromatic carbocycles. The molecule has 1 unspecified atom stereocenters. The summed E-state index contributed by atoms with van der Waals surface area (Å²) in [5.74, 6) is -0.207. The van der Waals surface area contributed by atoms with Crippen molar-refractivity contribution in [2.24, 2.45) is 0 Å². The van der Waals surface area contributed by atoms with Gasteiger partial charge in [-0.3, -0.25) is 9.59 Å². The lowest BCUT2D eigenvalue weighted by atomic mass is 9.95. The van der Waals surface area contributed by atoms with E-state index >= 15 is 0 Å². The SMILES string of the molecule is CCCOc1ccc(/C(O)=C2/C(=O)C(=O)N(CCCOC)C2c2ccc(OC)cc2)cc1. The van der Waals surface area contributed by atoms with Gasteiger partial charge in [0.15, 0.2) is 0 Å². The molecule has 1 fully saturated rings. The third kappa shape index (κ3) is 4.94. The first-order valence-corrected chi connectivity index (χ1v) is 10.7. The van der Waals surface area contributed by atoms with Gasteiger partial charge >= 0.3 is 0 Å². The van der Waals surface area contributed by atoms with Crippen molar-refractivity contribution >= 4 is 17.4 Å². The molecule has 0 spiro atoms. The molecule has 0 bridgehead atoms. The summed E-state index contributed by atoms with van der Waals surface area (Å²) in [5.41, 5.74) is 1.23. The van der Waals surface area contributed by atoms with Crippen molar-refractivity contribution in [3.05, 3.63) is 65.2 Å². The van der Waals surface area contributed by atoms with E-state index in [9.17, 15) is 14.7 Å². The van der Waals surface area contributed by atoms with Gasteiger partial charge in [-0.25, -0.2) is 0 Å². The Kier molecular flexibility index (Phi) is 7.89. The van der Waals surface area contributed by atoms with E-state index in [2.05, 4.69) is 0 Å². The maximum Gasteiger partial charge on any atom is 0.295 e. The summed E-state index contributed by atoms with van der Waals surface area (Å²) in [6, 6.07) is 13.3. The summed E-state index contributed by atoms with van der Waals surface area (Å²) in [5, 5.41) is 11.1.